The van der Waals surface area contributed by atoms with Crippen molar-refractivity contribution >= 4 is 17.8 Å². The van der Waals surface area contributed by atoms with Gasteiger partial charge in [0.15, 0.2) is 11.5 Å². The van der Waals surface area contributed by atoms with Gasteiger partial charge in [0.25, 0.3) is 5.69 Å². The molecule has 166 valence electrons. The van der Waals surface area contributed by atoms with Crippen molar-refractivity contribution in [2.75, 3.05) is 21.3 Å². The van der Waals surface area contributed by atoms with Gasteiger partial charge in [-0.25, -0.2) is 5.43 Å². The molecule has 0 saturated heterocycles. The molecule has 0 aliphatic heterocycles. The molecular weight excluding hydrogens is 418 g/mol. The van der Waals surface area contributed by atoms with E-state index in [4.69, 9.17) is 18.6 Å². The van der Waals surface area contributed by atoms with Gasteiger partial charge in [0, 0.05) is 6.07 Å². The number of nitrogens with zero attached hydrogens (tertiary/aromatic N) is 2. The molecule has 0 spiro atoms. The van der Waals surface area contributed by atoms with Crippen LogP contribution < -0.4 is 19.6 Å². The average Bonchev–Trinajstić information content (AvgIpc) is 3.27. The lowest BCUT2D eigenvalue weighted by atomic mass is 10.1. The van der Waals surface area contributed by atoms with E-state index in [2.05, 4.69) is 10.5 Å². The molecule has 10 nitrogen and oxygen atoms in total. The first-order valence-corrected chi connectivity index (χ1v) is 9.40. The van der Waals surface area contributed by atoms with E-state index in [9.17, 15) is 14.9 Å². The molecule has 10 heteroatoms. The number of hydrogen-bond acceptors (Lipinski definition) is 8. The number of rotatable bonds is 9. The van der Waals surface area contributed by atoms with Crippen LogP contribution in [0.1, 0.15) is 11.3 Å². The van der Waals surface area contributed by atoms with Crippen molar-refractivity contribution in [3.63, 3.8) is 0 Å². The molecule has 1 aromatic heterocycles. The van der Waals surface area contributed by atoms with E-state index in [1.807, 2.05) is 0 Å². The summed E-state index contributed by atoms with van der Waals surface area (Å²) in [5, 5.41) is 14.8. The van der Waals surface area contributed by atoms with Crippen LogP contribution in [-0.4, -0.2) is 38.4 Å². The maximum absolute atomic E-state index is 12.2. The highest BCUT2D eigenvalue weighted by atomic mass is 16.6. The lowest BCUT2D eigenvalue weighted by Crippen LogP contribution is -2.19. The predicted molar refractivity (Wildman–Crippen MR) is 116 cm³/mol. The number of methoxy groups -OCH3 is 3. The fourth-order valence-electron chi connectivity index (χ4n) is 2.95. The Bertz CT molecular complexity index is 1150. The second-order valence-electron chi connectivity index (χ2n) is 6.50. The van der Waals surface area contributed by atoms with E-state index in [-0.39, 0.29) is 18.0 Å². The molecule has 3 aromatic rings. The Balaban J connectivity index is 1.64. The smallest absolute Gasteiger partial charge is 0.273 e. The van der Waals surface area contributed by atoms with Crippen molar-refractivity contribution in [1.29, 1.82) is 0 Å². The van der Waals surface area contributed by atoms with Crippen LogP contribution in [0.5, 0.6) is 17.2 Å². The van der Waals surface area contributed by atoms with Crippen LogP contribution in [0, 0.1) is 10.1 Å². The van der Waals surface area contributed by atoms with Crippen LogP contribution in [0.2, 0.25) is 0 Å². The van der Waals surface area contributed by atoms with Crippen molar-refractivity contribution in [3.05, 3.63) is 70.0 Å². The first-order chi connectivity index (χ1) is 15.4. The Morgan fingerprint density at radius 2 is 1.78 bits per heavy atom. The van der Waals surface area contributed by atoms with Crippen molar-refractivity contribution in [2.24, 2.45) is 5.10 Å². The van der Waals surface area contributed by atoms with E-state index in [0.29, 0.717) is 34.3 Å². The normalized spacial score (nSPS) is 10.7. The van der Waals surface area contributed by atoms with E-state index in [1.165, 1.54) is 39.7 Å². The molecule has 1 heterocycles. The summed E-state index contributed by atoms with van der Waals surface area (Å²) in [6.45, 7) is 0. The zero-order chi connectivity index (χ0) is 23.1. The van der Waals surface area contributed by atoms with E-state index in [1.54, 1.807) is 36.4 Å². The second kappa shape index (κ2) is 10.1. The molecule has 32 heavy (non-hydrogen) atoms. The minimum atomic E-state index is -0.503. The fourth-order valence-corrected chi connectivity index (χ4v) is 2.95. The van der Waals surface area contributed by atoms with Gasteiger partial charge < -0.3 is 18.6 Å². The number of nitrogens with one attached hydrogen (secondary N) is 1. The number of hydrogen-bond donors (Lipinski definition) is 1. The molecule has 0 saturated carbocycles. The lowest BCUT2D eigenvalue weighted by Gasteiger charge is -2.09. The SMILES string of the molecule is COc1ccc(CC(=O)N/N=C\c2ccc(-c3ccc([N+](=O)[O-])cc3OC)o2)cc1OC. The summed E-state index contributed by atoms with van der Waals surface area (Å²) in [4.78, 5) is 22.6. The number of ether oxygens (including phenoxy) is 3. The zero-order valence-corrected chi connectivity index (χ0v) is 17.7. The van der Waals surface area contributed by atoms with E-state index in [0.717, 1.165) is 5.56 Å². The van der Waals surface area contributed by atoms with Crippen LogP contribution in [0.25, 0.3) is 11.3 Å². The minimum absolute atomic E-state index is 0.0869. The second-order valence-corrected chi connectivity index (χ2v) is 6.50. The first-order valence-electron chi connectivity index (χ1n) is 9.40. The third-order valence-corrected chi connectivity index (χ3v) is 4.48. The Kier molecular flexibility index (Phi) is 7.06. The molecule has 0 aliphatic carbocycles. The minimum Gasteiger partial charge on any atom is -0.496 e. The molecular formula is C22H21N3O7. The molecule has 0 radical (unpaired) electrons. The standard InChI is InChI=1S/C22H21N3O7/c1-29-19-8-4-14(10-21(19)31-3)11-22(26)24-23-13-16-6-9-18(32-16)17-7-5-15(25(27)28)12-20(17)30-2/h4-10,12-13H,11H2,1-3H3,(H,24,26)/b23-13-. The molecule has 0 atom stereocenters. The van der Waals surface area contributed by atoms with Crippen LogP contribution in [-0.2, 0) is 11.2 Å². The van der Waals surface area contributed by atoms with Gasteiger partial charge in [-0.1, -0.05) is 6.07 Å². The number of benzene rings is 2. The Labute approximate surface area is 183 Å². The summed E-state index contributed by atoms with van der Waals surface area (Å²) in [7, 11) is 4.48. The van der Waals surface area contributed by atoms with E-state index >= 15 is 0 Å². The van der Waals surface area contributed by atoms with Gasteiger partial charge in [-0.3, -0.25) is 14.9 Å². The van der Waals surface area contributed by atoms with Crippen LogP contribution >= 0.6 is 0 Å². The van der Waals surface area contributed by atoms with Gasteiger partial charge in [0.1, 0.15) is 17.3 Å². The van der Waals surface area contributed by atoms with Crippen molar-refractivity contribution in [2.45, 2.75) is 6.42 Å². The number of furan rings is 1. The monoisotopic (exact) mass is 439 g/mol. The molecule has 3 rings (SSSR count). The Hall–Kier alpha value is -4.34. The number of nitro groups is 1. The van der Waals surface area contributed by atoms with Crippen LogP contribution in [0.4, 0.5) is 5.69 Å². The summed E-state index contributed by atoms with van der Waals surface area (Å²) in [5.74, 6) is 1.92. The molecule has 1 N–H and O–H groups in total. The summed E-state index contributed by atoms with van der Waals surface area (Å²) in [6, 6.07) is 12.8. The van der Waals surface area contributed by atoms with Gasteiger partial charge in [0.2, 0.25) is 5.91 Å². The highest BCUT2D eigenvalue weighted by Gasteiger charge is 2.15. The van der Waals surface area contributed by atoms with Crippen LogP contribution in [0.3, 0.4) is 0 Å². The third-order valence-electron chi connectivity index (χ3n) is 4.48. The van der Waals surface area contributed by atoms with E-state index < -0.39 is 4.92 Å². The summed E-state index contributed by atoms with van der Waals surface area (Å²) in [5.41, 5.74) is 3.64. The molecule has 0 fully saturated rings. The number of amides is 1. The first kappa shape index (κ1) is 22.3. The van der Waals surface area contributed by atoms with Gasteiger partial charge in [-0.15, -0.1) is 0 Å². The van der Waals surface area contributed by atoms with Gasteiger partial charge >= 0.3 is 0 Å². The molecule has 2 aromatic carbocycles. The molecule has 0 aliphatic rings. The highest BCUT2D eigenvalue weighted by molar-refractivity contribution is 5.82. The van der Waals surface area contributed by atoms with Crippen molar-refractivity contribution in [3.8, 4) is 28.6 Å². The number of hydrazone groups is 1. The van der Waals surface area contributed by atoms with Crippen molar-refractivity contribution < 1.29 is 28.3 Å². The quantitative estimate of drug-likeness (QED) is 0.307. The largest absolute Gasteiger partial charge is 0.496 e. The zero-order valence-electron chi connectivity index (χ0n) is 17.7. The average molecular weight is 439 g/mol. The van der Waals surface area contributed by atoms with Gasteiger partial charge in [0.05, 0.1) is 50.5 Å². The maximum atomic E-state index is 12.2. The highest BCUT2D eigenvalue weighted by Crippen LogP contribution is 2.34. The fraction of sp³-hybridized carbons (Fsp3) is 0.182. The third kappa shape index (κ3) is 5.22. The Morgan fingerprint density at radius 3 is 2.47 bits per heavy atom. The summed E-state index contributed by atoms with van der Waals surface area (Å²) in [6.07, 6.45) is 1.45. The van der Waals surface area contributed by atoms with Crippen molar-refractivity contribution in [1.82, 2.24) is 5.43 Å². The number of carbonyl (C=O) groups excluding carboxylic acids is 1. The summed E-state index contributed by atoms with van der Waals surface area (Å²) >= 11 is 0. The molecule has 0 bridgehead atoms. The number of carbonyl (C=O) groups is 1. The maximum Gasteiger partial charge on any atom is 0.273 e. The molecule has 0 unspecified atom stereocenters. The van der Waals surface area contributed by atoms with Gasteiger partial charge in [-0.05, 0) is 35.9 Å². The lowest BCUT2D eigenvalue weighted by molar-refractivity contribution is -0.384. The predicted octanol–water partition coefficient (Wildman–Crippen LogP) is 3.57. The van der Waals surface area contributed by atoms with Gasteiger partial charge in [-0.2, -0.15) is 5.10 Å². The summed E-state index contributed by atoms with van der Waals surface area (Å²) < 4.78 is 21.3. The number of non-ortho nitro benzene ring substituents is 1. The number of nitro benzene ring substituents is 1. The van der Waals surface area contributed by atoms with Crippen LogP contribution in [0.15, 0.2) is 58.0 Å². The topological polar surface area (TPSA) is 125 Å². The Morgan fingerprint density at radius 1 is 1.03 bits per heavy atom. The molecule has 1 amide bonds.